The minimum Gasteiger partial charge on any atom is -0.416 e. The summed E-state index contributed by atoms with van der Waals surface area (Å²) in [6, 6.07) is 6.69. The summed E-state index contributed by atoms with van der Waals surface area (Å²) in [6.45, 7) is 1.83. The number of halogens is 3. The van der Waals surface area contributed by atoms with Gasteiger partial charge in [-0.25, -0.2) is 0 Å². The molecule has 0 atom stereocenters. The summed E-state index contributed by atoms with van der Waals surface area (Å²) in [6.07, 6.45) is 0. The Morgan fingerprint density at radius 3 is 2.75 bits per heavy atom. The second-order valence-corrected chi connectivity index (χ2v) is 4.08. The lowest BCUT2D eigenvalue weighted by Crippen LogP contribution is -2.02. The minimum absolute atomic E-state index is 0.212. The van der Waals surface area contributed by atoms with Gasteiger partial charge in [-0.2, -0.15) is 13.2 Å². The van der Waals surface area contributed by atoms with Gasteiger partial charge in [0.25, 0.3) is 0 Å². The van der Waals surface area contributed by atoms with E-state index in [1.165, 1.54) is 6.07 Å². The standard InChI is InChI=1S/C10H8F3NOS/c1-6-5-7-8(14-6)3-2-4-9(7)15-16-10(11,12)13/h2-5,14H,1H3. The van der Waals surface area contributed by atoms with Gasteiger partial charge in [-0.1, -0.05) is 6.07 Å². The van der Waals surface area contributed by atoms with Gasteiger partial charge in [0.05, 0.1) is 0 Å². The van der Waals surface area contributed by atoms with E-state index in [4.69, 9.17) is 0 Å². The van der Waals surface area contributed by atoms with E-state index in [2.05, 4.69) is 9.17 Å². The van der Waals surface area contributed by atoms with Crippen LogP contribution in [0, 0.1) is 6.92 Å². The Labute approximate surface area is 94.0 Å². The van der Waals surface area contributed by atoms with Crippen LogP contribution in [-0.4, -0.2) is 10.5 Å². The number of rotatable bonds is 2. The van der Waals surface area contributed by atoms with Gasteiger partial charge in [0.15, 0.2) is 12.0 Å². The van der Waals surface area contributed by atoms with Crippen LogP contribution in [0.2, 0.25) is 0 Å². The molecule has 0 saturated heterocycles. The van der Waals surface area contributed by atoms with E-state index in [1.54, 1.807) is 18.2 Å². The van der Waals surface area contributed by atoms with Crippen LogP contribution in [-0.2, 0) is 0 Å². The van der Waals surface area contributed by atoms with Crippen molar-refractivity contribution < 1.29 is 17.4 Å². The third-order valence-corrected chi connectivity index (χ3v) is 2.44. The summed E-state index contributed by atoms with van der Waals surface area (Å²) >= 11 is -0.503. The van der Waals surface area contributed by atoms with Crippen molar-refractivity contribution in [2.45, 2.75) is 12.4 Å². The Kier molecular flexibility index (Phi) is 2.75. The average Bonchev–Trinajstić information content (AvgIpc) is 2.54. The molecule has 2 aromatic rings. The number of aromatic amines is 1. The van der Waals surface area contributed by atoms with E-state index in [1.807, 2.05) is 6.92 Å². The van der Waals surface area contributed by atoms with Crippen molar-refractivity contribution in [3.8, 4) is 5.75 Å². The van der Waals surface area contributed by atoms with E-state index in [0.29, 0.717) is 5.39 Å². The Bertz CT molecular complexity index is 506. The average molecular weight is 247 g/mol. The zero-order valence-corrected chi connectivity index (χ0v) is 9.08. The summed E-state index contributed by atoms with van der Waals surface area (Å²) in [5.74, 6) is 0.212. The molecule has 86 valence electrons. The van der Waals surface area contributed by atoms with Gasteiger partial charge < -0.3 is 9.17 Å². The molecule has 0 bridgehead atoms. The van der Waals surface area contributed by atoms with Crippen LogP contribution in [0.25, 0.3) is 10.9 Å². The fraction of sp³-hybridized carbons (Fsp3) is 0.200. The van der Waals surface area contributed by atoms with Crippen molar-refractivity contribution >= 4 is 22.9 Å². The monoisotopic (exact) mass is 247 g/mol. The first kappa shape index (κ1) is 11.2. The van der Waals surface area contributed by atoms with E-state index < -0.39 is 17.6 Å². The largest absolute Gasteiger partial charge is 0.479 e. The number of fused-ring (bicyclic) bond motifs is 1. The SMILES string of the molecule is Cc1cc2c(OSC(F)(F)F)cccc2[nH]1. The fourth-order valence-corrected chi connectivity index (χ4v) is 1.76. The Morgan fingerprint density at radius 2 is 2.06 bits per heavy atom. The molecule has 1 aromatic heterocycles. The normalized spacial score (nSPS) is 12.0. The molecule has 0 aliphatic rings. The van der Waals surface area contributed by atoms with E-state index in [-0.39, 0.29) is 5.75 Å². The van der Waals surface area contributed by atoms with Crippen molar-refractivity contribution in [2.75, 3.05) is 0 Å². The summed E-state index contributed by atoms with van der Waals surface area (Å²) in [4.78, 5) is 3.03. The lowest BCUT2D eigenvalue weighted by Gasteiger charge is -2.06. The highest BCUT2D eigenvalue weighted by Crippen LogP contribution is 2.35. The number of hydrogen-bond acceptors (Lipinski definition) is 2. The Hall–Kier alpha value is -1.30. The minimum atomic E-state index is -4.40. The highest BCUT2D eigenvalue weighted by molar-refractivity contribution is 7.95. The molecule has 2 rings (SSSR count). The van der Waals surface area contributed by atoms with Crippen molar-refractivity contribution in [3.05, 3.63) is 30.0 Å². The quantitative estimate of drug-likeness (QED) is 0.810. The molecule has 1 aromatic carbocycles. The number of alkyl halides is 3. The molecular formula is C10H8F3NOS. The number of H-pyrrole nitrogens is 1. The highest BCUT2D eigenvalue weighted by Gasteiger charge is 2.31. The van der Waals surface area contributed by atoms with Crippen molar-refractivity contribution in [1.29, 1.82) is 0 Å². The van der Waals surface area contributed by atoms with Crippen LogP contribution < -0.4 is 4.18 Å². The van der Waals surface area contributed by atoms with Crippen LogP contribution in [0.1, 0.15) is 5.69 Å². The van der Waals surface area contributed by atoms with E-state index in [0.717, 1.165) is 11.2 Å². The second kappa shape index (κ2) is 3.93. The third-order valence-electron chi connectivity index (χ3n) is 1.98. The summed E-state index contributed by atoms with van der Waals surface area (Å²) < 4.78 is 40.6. The van der Waals surface area contributed by atoms with Gasteiger partial charge in [-0.05, 0) is 25.1 Å². The summed E-state index contributed by atoms with van der Waals surface area (Å²) in [5.41, 5.74) is -2.76. The maximum absolute atomic E-state index is 12.0. The van der Waals surface area contributed by atoms with Gasteiger partial charge in [-0.3, -0.25) is 0 Å². The van der Waals surface area contributed by atoms with Crippen molar-refractivity contribution in [3.63, 3.8) is 0 Å². The van der Waals surface area contributed by atoms with Crippen molar-refractivity contribution in [1.82, 2.24) is 4.98 Å². The van der Waals surface area contributed by atoms with Gasteiger partial charge in [0.1, 0.15) is 5.75 Å². The zero-order chi connectivity index (χ0) is 11.8. The van der Waals surface area contributed by atoms with Crippen LogP contribution in [0.15, 0.2) is 24.3 Å². The molecule has 0 amide bonds. The number of benzene rings is 1. The topological polar surface area (TPSA) is 25.0 Å². The first-order valence-electron chi connectivity index (χ1n) is 4.46. The van der Waals surface area contributed by atoms with E-state index >= 15 is 0 Å². The lowest BCUT2D eigenvalue weighted by atomic mass is 10.2. The molecular weight excluding hydrogens is 239 g/mol. The maximum Gasteiger partial charge on any atom is 0.479 e. The number of aryl methyl sites for hydroxylation is 1. The molecule has 1 heterocycles. The predicted molar refractivity (Wildman–Crippen MR) is 57.3 cm³/mol. The lowest BCUT2D eigenvalue weighted by molar-refractivity contribution is -0.0369. The molecule has 2 nitrogen and oxygen atoms in total. The van der Waals surface area contributed by atoms with Crippen LogP contribution in [0.5, 0.6) is 5.75 Å². The summed E-state index contributed by atoms with van der Waals surface area (Å²) in [7, 11) is 0. The second-order valence-electron chi connectivity index (χ2n) is 3.28. The first-order chi connectivity index (χ1) is 7.46. The van der Waals surface area contributed by atoms with Crippen LogP contribution in [0.4, 0.5) is 13.2 Å². The zero-order valence-electron chi connectivity index (χ0n) is 8.26. The van der Waals surface area contributed by atoms with Crippen LogP contribution in [0.3, 0.4) is 0 Å². The highest BCUT2D eigenvalue weighted by atomic mass is 32.2. The number of aromatic nitrogens is 1. The molecule has 0 unspecified atom stereocenters. The van der Waals surface area contributed by atoms with E-state index in [9.17, 15) is 13.2 Å². The molecule has 16 heavy (non-hydrogen) atoms. The molecule has 0 aliphatic carbocycles. The Balaban J connectivity index is 2.30. The molecule has 0 saturated carbocycles. The van der Waals surface area contributed by atoms with Gasteiger partial charge in [-0.15, -0.1) is 0 Å². The number of hydrogen-bond donors (Lipinski definition) is 1. The molecule has 6 heteroatoms. The van der Waals surface area contributed by atoms with Gasteiger partial charge in [0, 0.05) is 16.6 Å². The number of nitrogens with one attached hydrogen (secondary N) is 1. The third kappa shape index (κ3) is 2.44. The first-order valence-corrected chi connectivity index (χ1v) is 5.20. The maximum atomic E-state index is 12.0. The van der Waals surface area contributed by atoms with Gasteiger partial charge in [0.2, 0.25) is 0 Å². The Morgan fingerprint density at radius 1 is 1.31 bits per heavy atom. The predicted octanol–water partition coefficient (Wildman–Crippen LogP) is 4.02. The fourth-order valence-electron chi connectivity index (χ4n) is 1.43. The molecule has 0 spiro atoms. The molecule has 0 fully saturated rings. The van der Waals surface area contributed by atoms with Gasteiger partial charge >= 0.3 is 5.51 Å². The molecule has 0 radical (unpaired) electrons. The molecule has 1 N–H and O–H groups in total. The molecule has 0 aliphatic heterocycles. The smallest absolute Gasteiger partial charge is 0.416 e. The van der Waals surface area contributed by atoms with Crippen LogP contribution >= 0.6 is 12.0 Å². The summed E-state index contributed by atoms with van der Waals surface area (Å²) in [5, 5.41) is 0.650. The van der Waals surface area contributed by atoms with Crippen molar-refractivity contribution in [2.24, 2.45) is 0 Å².